The minimum atomic E-state index is -1.05. The molecule has 0 aliphatic carbocycles. The van der Waals surface area contributed by atoms with Gasteiger partial charge in [-0.1, -0.05) is 41.1 Å². The second kappa shape index (κ2) is 10.5. The van der Waals surface area contributed by atoms with Gasteiger partial charge in [-0.05, 0) is 46.9 Å². The van der Waals surface area contributed by atoms with Crippen molar-refractivity contribution in [3.63, 3.8) is 0 Å². The third kappa shape index (κ3) is 5.31. The number of halogens is 1. The van der Waals surface area contributed by atoms with Gasteiger partial charge in [0.2, 0.25) is 0 Å². The summed E-state index contributed by atoms with van der Waals surface area (Å²) in [6, 6.07) is 15.0. The molecule has 2 heterocycles. The summed E-state index contributed by atoms with van der Waals surface area (Å²) in [5.41, 5.74) is 1.93. The molecular weight excluding hydrogens is 482 g/mol. The number of alkyl halides is 1. The highest BCUT2D eigenvalue weighted by Crippen LogP contribution is 2.44. The summed E-state index contributed by atoms with van der Waals surface area (Å²) < 4.78 is 5.43. The molecule has 7 nitrogen and oxygen atoms in total. The Kier molecular flexibility index (Phi) is 7.52. The number of fused-ring (bicyclic) bond motifs is 3. The zero-order valence-corrected chi connectivity index (χ0v) is 20.1. The van der Waals surface area contributed by atoms with E-state index in [1.54, 1.807) is 23.1 Å². The van der Waals surface area contributed by atoms with Crippen molar-refractivity contribution >= 4 is 67.5 Å². The normalized spacial score (nSPS) is 15.8. The Bertz CT molecular complexity index is 1170. The molecule has 1 aliphatic rings. The van der Waals surface area contributed by atoms with Gasteiger partial charge in [-0.15, -0.1) is 11.6 Å². The van der Waals surface area contributed by atoms with Gasteiger partial charge in [0.05, 0.1) is 11.4 Å². The van der Waals surface area contributed by atoms with Gasteiger partial charge in [-0.3, -0.25) is 10.2 Å². The minimum absolute atomic E-state index is 0.0477. The van der Waals surface area contributed by atoms with Crippen LogP contribution in [0.5, 0.6) is 0 Å². The fourth-order valence-electron chi connectivity index (χ4n) is 3.75. The van der Waals surface area contributed by atoms with Gasteiger partial charge in [-0.25, -0.2) is 14.6 Å². The van der Waals surface area contributed by atoms with Crippen LogP contribution in [0.1, 0.15) is 18.4 Å². The van der Waals surface area contributed by atoms with Crippen LogP contribution in [0.4, 0.5) is 21.0 Å². The van der Waals surface area contributed by atoms with Crippen molar-refractivity contribution in [3.05, 3.63) is 60.3 Å². The van der Waals surface area contributed by atoms with E-state index in [0.29, 0.717) is 17.3 Å². The quantitative estimate of drug-likeness (QED) is 0.283. The molecule has 2 atom stereocenters. The van der Waals surface area contributed by atoms with Gasteiger partial charge >= 0.3 is 12.2 Å². The number of carboxylic acid groups (broad SMARTS) is 1. The molecular formula is C23H22ClN3O4S2. The topological polar surface area (TPSA) is 91.8 Å². The summed E-state index contributed by atoms with van der Waals surface area (Å²) >= 11 is 6.15. The summed E-state index contributed by atoms with van der Waals surface area (Å²) in [5, 5.41) is 15.1. The molecule has 2 aromatic carbocycles. The number of benzene rings is 2. The first-order valence-electron chi connectivity index (χ1n) is 10.3. The molecule has 0 bridgehead atoms. The van der Waals surface area contributed by atoms with Crippen LogP contribution in [-0.2, 0) is 4.74 Å². The van der Waals surface area contributed by atoms with E-state index in [1.165, 1.54) is 15.7 Å². The third-order valence-electron chi connectivity index (χ3n) is 5.20. The Morgan fingerprint density at radius 2 is 2.03 bits per heavy atom. The van der Waals surface area contributed by atoms with E-state index in [-0.39, 0.29) is 24.3 Å². The van der Waals surface area contributed by atoms with Crippen LogP contribution in [-0.4, -0.2) is 46.6 Å². The molecule has 3 aromatic rings. The number of carbonyl (C=O) groups is 2. The number of nitrogens with zero attached hydrogens (tertiary/aromatic N) is 2. The number of carbonyl (C=O) groups excluding carboxylic acids is 1. The zero-order valence-electron chi connectivity index (χ0n) is 17.7. The largest absolute Gasteiger partial charge is 0.465 e. The molecule has 0 saturated heterocycles. The van der Waals surface area contributed by atoms with Gasteiger partial charge in [-0.2, -0.15) is 0 Å². The first kappa shape index (κ1) is 23.5. The molecule has 2 unspecified atom stereocenters. The number of rotatable bonds is 7. The smallest absolute Gasteiger partial charge is 0.411 e. The molecule has 0 saturated carbocycles. The molecule has 2 N–H and O–H groups in total. The van der Waals surface area contributed by atoms with Crippen LogP contribution in [0.15, 0.2) is 59.8 Å². The lowest BCUT2D eigenvalue weighted by Gasteiger charge is -2.17. The van der Waals surface area contributed by atoms with E-state index in [2.05, 4.69) is 10.3 Å². The molecule has 172 valence electrons. The number of anilines is 2. The van der Waals surface area contributed by atoms with Crippen molar-refractivity contribution in [1.29, 1.82) is 0 Å². The number of pyridine rings is 1. The molecule has 0 spiro atoms. The van der Waals surface area contributed by atoms with Crippen LogP contribution in [0.3, 0.4) is 0 Å². The standard InChI is InChI=1S/C23H22ClN3O4S2/c1-14(32-33-20-8-4-5-9-25-20)13-31-22(28)26-18-10-19-21(17-7-3-2-6-16(17)18)15(11-24)12-27(19)23(29)30/h2-10,14-15H,11-13H2,1H3,(H,26,28)(H,29,30). The number of nitrogens with one attached hydrogen (secondary N) is 1. The van der Waals surface area contributed by atoms with Crippen molar-refractivity contribution in [2.45, 2.75) is 23.1 Å². The second-order valence-corrected chi connectivity index (χ2v) is 10.5. The maximum Gasteiger partial charge on any atom is 0.411 e. The van der Waals surface area contributed by atoms with E-state index in [0.717, 1.165) is 21.4 Å². The second-order valence-electron chi connectivity index (χ2n) is 7.53. The maximum absolute atomic E-state index is 12.6. The SMILES string of the molecule is CC(COC(=O)Nc1cc2c(c3ccccc13)C(CCl)CN2C(=O)O)SSc1ccccn1. The van der Waals surface area contributed by atoms with E-state index < -0.39 is 12.2 Å². The summed E-state index contributed by atoms with van der Waals surface area (Å²) in [5.74, 6) is 0.194. The van der Waals surface area contributed by atoms with Crippen molar-refractivity contribution < 1.29 is 19.4 Å². The van der Waals surface area contributed by atoms with Gasteiger partial charge in [0, 0.05) is 35.2 Å². The van der Waals surface area contributed by atoms with Gasteiger partial charge in [0.1, 0.15) is 11.6 Å². The summed E-state index contributed by atoms with van der Waals surface area (Å²) in [4.78, 5) is 29.9. The van der Waals surface area contributed by atoms with Gasteiger partial charge in [0.15, 0.2) is 0 Å². The summed E-state index contributed by atoms with van der Waals surface area (Å²) in [6.07, 6.45) is 0.0901. The number of hydrogen-bond donors (Lipinski definition) is 2. The Balaban J connectivity index is 1.48. The van der Waals surface area contributed by atoms with Gasteiger partial charge in [0.25, 0.3) is 0 Å². The van der Waals surface area contributed by atoms with Crippen molar-refractivity contribution in [2.75, 3.05) is 29.2 Å². The Morgan fingerprint density at radius 1 is 1.27 bits per heavy atom. The van der Waals surface area contributed by atoms with E-state index in [9.17, 15) is 14.7 Å². The lowest BCUT2D eigenvalue weighted by molar-refractivity contribution is 0.163. The van der Waals surface area contributed by atoms with Crippen molar-refractivity contribution in [3.8, 4) is 0 Å². The third-order valence-corrected chi connectivity index (χ3v) is 8.34. The highest BCUT2D eigenvalue weighted by molar-refractivity contribution is 8.76. The fraction of sp³-hybridized carbons (Fsp3) is 0.261. The zero-order chi connectivity index (χ0) is 23.4. The first-order valence-corrected chi connectivity index (χ1v) is 13.0. The molecule has 33 heavy (non-hydrogen) atoms. The first-order chi connectivity index (χ1) is 16.0. The Labute approximate surface area is 204 Å². The van der Waals surface area contributed by atoms with Crippen LogP contribution in [0.2, 0.25) is 0 Å². The lowest BCUT2D eigenvalue weighted by Crippen LogP contribution is -2.28. The number of aromatic nitrogens is 1. The highest BCUT2D eigenvalue weighted by atomic mass is 35.5. The predicted octanol–water partition coefficient (Wildman–Crippen LogP) is 6.43. The number of amides is 2. The van der Waals surface area contributed by atoms with Crippen molar-refractivity contribution in [1.82, 2.24) is 4.98 Å². The molecule has 0 fully saturated rings. The predicted molar refractivity (Wildman–Crippen MR) is 135 cm³/mol. The Hall–Kier alpha value is -2.62. The van der Waals surface area contributed by atoms with E-state index in [1.807, 2.05) is 49.4 Å². The average Bonchev–Trinajstić information content (AvgIpc) is 3.21. The molecule has 1 aromatic heterocycles. The lowest BCUT2D eigenvalue weighted by atomic mass is 9.95. The van der Waals surface area contributed by atoms with Crippen LogP contribution < -0.4 is 10.2 Å². The number of ether oxygens (including phenoxy) is 1. The van der Waals surface area contributed by atoms with Crippen LogP contribution in [0.25, 0.3) is 10.8 Å². The van der Waals surface area contributed by atoms with Crippen LogP contribution in [0, 0.1) is 0 Å². The minimum Gasteiger partial charge on any atom is -0.465 e. The molecule has 10 heteroatoms. The molecule has 1 aliphatic heterocycles. The average molecular weight is 504 g/mol. The molecule has 0 radical (unpaired) electrons. The number of hydrogen-bond acceptors (Lipinski definition) is 6. The summed E-state index contributed by atoms with van der Waals surface area (Å²) in [6.45, 7) is 2.47. The van der Waals surface area contributed by atoms with Crippen LogP contribution >= 0.6 is 33.2 Å². The highest BCUT2D eigenvalue weighted by Gasteiger charge is 2.34. The fourth-order valence-corrected chi connectivity index (χ4v) is 5.88. The van der Waals surface area contributed by atoms with Crippen molar-refractivity contribution in [2.24, 2.45) is 0 Å². The molecule has 4 rings (SSSR count). The Morgan fingerprint density at radius 3 is 2.73 bits per heavy atom. The summed E-state index contributed by atoms with van der Waals surface area (Å²) in [7, 11) is 3.09. The monoisotopic (exact) mass is 503 g/mol. The maximum atomic E-state index is 12.6. The van der Waals surface area contributed by atoms with Gasteiger partial charge < -0.3 is 9.84 Å². The van der Waals surface area contributed by atoms with E-state index >= 15 is 0 Å². The van der Waals surface area contributed by atoms with E-state index in [4.69, 9.17) is 16.3 Å². The molecule has 2 amide bonds.